The van der Waals surface area contributed by atoms with Gasteiger partial charge in [-0.2, -0.15) is 0 Å². The Morgan fingerprint density at radius 3 is 2.62 bits per heavy atom. The highest BCUT2D eigenvalue weighted by Crippen LogP contribution is 2.24. The Morgan fingerprint density at radius 2 is 1.96 bits per heavy atom. The Hall–Kier alpha value is -2.25. The molecule has 0 radical (unpaired) electrons. The topological polar surface area (TPSA) is 81.3 Å². The molecule has 126 valence electrons. The highest BCUT2D eigenvalue weighted by Gasteiger charge is 2.18. The molecule has 0 saturated heterocycles. The molecule has 8 heteroatoms. The summed E-state index contributed by atoms with van der Waals surface area (Å²) < 4.78 is 34.2. The predicted octanol–water partition coefficient (Wildman–Crippen LogP) is 3.38. The lowest BCUT2D eigenvalue weighted by molar-refractivity contribution is 0.512. The van der Waals surface area contributed by atoms with Crippen LogP contribution in [0.5, 0.6) is 0 Å². The number of fused-ring (bicyclic) bond motifs is 1. The minimum Gasteiger partial charge on any atom is -0.408 e. The van der Waals surface area contributed by atoms with Crippen molar-refractivity contribution >= 4 is 38.4 Å². The van der Waals surface area contributed by atoms with E-state index in [1.54, 1.807) is 31.2 Å². The van der Waals surface area contributed by atoms with Crippen molar-refractivity contribution in [2.45, 2.75) is 25.3 Å². The number of aromatic nitrogens is 1. The molecule has 0 atom stereocenters. The van der Waals surface area contributed by atoms with Crippen LogP contribution in [0.15, 0.2) is 50.5 Å². The van der Waals surface area contributed by atoms with Crippen molar-refractivity contribution in [2.24, 2.45) is 0 Å². The second kappa shape index (κ2) is 5.99. The van der Waals surface area contributed by atoms with E-state index >= 15 is 0 Å². The molecule has 0 bridgehead atoms. The van der Waals surface area contributed by atoms with Gasteiger partial charge in [-0.3, -0.25) is 9.29 Å². The number of anilines is 1. The van der Waals surface area contributed by atoms with Crippen LogP contribution in [0.4, 0.5) is 5.69 Å². The number of hydrogen-bond acceptors (Lipinski definition) is 4. The molecule has 2 aromatic carbocycles. The van der Waals surface area contributed by atoms with Crippen molar-refractivity contribution in [3.63, 3.8) is 0 Å². The summed E-state index contributed by atoms with van der Waals surface area (Å²) >= 11 is 5.88. The second-order valence-electron chi connectivity index (χ2n) is 5.31. The first-order valence-corrected chi connectivity index (χ1v) is 9.10. The number of nitrogens with one attached hydrogen (secondary N) is 1. The van der Waals surface area contributed by atoms with Gasteiger partial charge in [0.1, 0.15) is 0 Å². The zero-order valence-corrected chi connectivity index (χ0v) is 14.6. The summed E-state index contributed by atoms with van der Waals surface area (Å²) in [6.45, 7) is 4.01. The Labute approximate surface area is 143 Å². The van der Waals surface area contributed by atoms with Crippen LogP contribution in [0.2, 0.25) is 5.02 Å². The monoisotopic (exact) mass is 366 g/mol. The highest BCUT2D eigenvalue weighted by atomic mass is 35.5. The van der Waals surface area contributed by atoms with Gasteiger partial charge in [0.05, 0.1) is 16.1 Å². The van der Waals surface area contributed by atoms with Crippen molar-refractivity contribution in [1.29, 1.82) is 0 Å². The smallest absolute Gasteiger partial charge is 0.408 e. The van der Waals surface area contributed by atoms with Gasteiger partial charge in [0.2, 0.25) is 0 Å². The highest BCUT2D eigenvalue weighted by molar-refractivity contribution is 7.92. The van der Waals surface area contributed by atoms with Gasteiger partial charge >= 0.3 is 5.76 Å². The molecule has 0 aliphatic rings. The van der Waals surface area contributed by atoms with E-state index in [9.17, 15) is 13.2 Å². The van der Waals surface area contributed by atoms with E-state index in [2.05, 4.69) is 4.72 Å². The largest absolute Gasteiger partial charge is 0.419 e. The normalized spacial score (nSPS) is 11.8. The summed E-state index contributed by atoms with van der Waals surface area (Å²) in [7, 11) is -3.81. The molecule has 3 aromatic rings. The number of sulfonamides is 1. The fourth-order valence-corrected chi connectivity index (χ4v) is 3.83. The molecule has 0 spiro atoms. The molecule has 0 unspecified atom stereocenters. The van der Waals surface area contributed by atoms with Crippen molar-refractivity contribution in [3.8, 4) is 0 Å². The lowest BCUT2D eigenvalue weighted by atomic mass is 10.2. The number of rotatable bonds is 4. The van der Waals surface area contributed by atoms with Crippen LogP contribution in [0.25, 0.3) is 11.1 Å². The molecule has 3 rings (SSSR count). The Kier molecular flexibility index (Phi) is 4.15. The van der Waals surface area contributed by atoms with Crippen molar-refractivity contribution in [2.75, 3.05) is 4.72 Å². The molecule has 0 aliphatic heterocycles. The minimum absolute atomic E-state index is 0.0151. The molecule has 0 aliphatic carbocycles. The molecule has 24 heavy (non-hydrogen) atoms. The van der Waals surface area contributed by atoms with Gasteiger partial charge in [0.25, 0.3) is 10.0 Å². The Bertz CT molecular complexity index is 1080. The number of nitrogens with zero attached hydrogens (tertiary/aromatic N) is 1. The first-order valence-electron chi connectivity index (χ1n) is 7.24. The zero-order chi connectivity index (χ0) is 17.5. The number of hydrogen-bond donors (Lipinski definition) is 1. The molecule has 6 nitrogen and oxygen atoms in total. The molecule has 1 N–H and O–H groups in total. The van der Waals surface area contributed by atoms with Gasteiger partial charge < -0.3 is 4.42 Å². The maximum absolute atomic E-state index is 12.6. The van der Waals surface area contributed by atoms with Crippen LogP contribution in [-0.4, -0.2) is 13.0 Å². The Balaban J connectivity index is 2.03. The maximum atomic E-state index is 12.6. The number of halogens is 1. The maximum Gasteiger partial charge on any atom is 0.419 e. The van der Waals surface area contributed by atoms with Gasteiger partial charge in [0.15, 0.2) is 5.58 Å². The lowest BCUT2D eigenvalue weighted by Crippen LogP contribution is -2.14. The molecule has 1 aromatic heterocycles. The average Bonchev–Trinajstić information content (AvgIpc) is 2.84. The lowest BCUT2D eigenvalue weighted by Gasteiger charge is -2.11. The first kappa shape index (κ1) is 16.6. The van der Waals surface area contributed by atoms with E-state index in [0.717, 1.165) is 0 Å². The fraction of sp³-hybridized carbons (Fsp3) is 0.188. The van der Waals surface area contributed by atoms with Gasteiger partial charge in [-0.25, -0.2) is 13.2 Å². The third kappa shape index (κ3) is 2.92. The number of aryl methyl sites for hydroxylation is 2. The third-order valence-corrected chi connectivity index (χ3v) is 5.30. The number of oxazole rings is 1. The summed E-state index contributed by atoms with van der Waals surface area (Å²) in [5, 5.41) is 0.527. The van der Waals surface area contributed by atoms with E-state index in [1.807, 2.05) is 6.92 Å². The first-order chi connectivity index (χ1) is 11.3. The molecule has 0 fully saturated rings. The standard InChI is InChI=1S/C16H15ClN2O4S/c1-3-19-14-7-5-12(9-15(14)23-16(19)20)24(21,22)18-13-6-4-11(17)8-10(13)2/h4-9,18H,3H2,1-2H3. The third-order valence-electron chi connectivity index (χ3n) is 3.70. The van der Waals surface area contributed by atoms with Crippen LogP contribution in [-0.2, 0) is 16.6 Å². The molecule has 1 heterocycles. The van der Waals surface area contributed by atoms with Crippen LogP contribution in [0.1, 0.15) is 12.5 Å². The van der Waals surface area contributed by atoms with Gasteiger partial charge in [-0.05, 0) is 49.7 Å². The van der Waals surface area contributed by atoms with Crippen LogP contribution in [0, 0.1) is 6.92 Å². The quantitative estimate of drug-likeness (QED) is 0.767. The van der Waals surface area contributed by atoms with Gasteiger partial charge in [0, 0.05) is 17.6 Å². The van der Waals surface area contributed by atoms with Crippen LogP contribution < -0.4 is 10.5 Å². The van der Waals surface area contributed by atoms with Gasteiger partial charge in [-0.1, -0.05) is 11.6 Å². The predicted molar refractivity (Wildman–Crippen MR) is 93.1 cm³/mol. The number of benzene rings is 2. The molecule has 0 amide bonds. The molecular weight excluding hydrogens is 352 g/mol. The zero-order valence-electron chi connectivity index (χ0n) is 13.0. The molecule has 0 saturated carbocycles. The minimum atomic E-state index is -3.81. The van der Waals surface area contributed by atoms with Crippen LogP contribution in [0.3, 0.4) is 0 Å². The van der Waals surface area contributed by atoms with Gasteiger partial charge in [-0.15, -0.1) is 0 Å². The summed E-state index contributed by atoms with van der Waals surface area (Å²) in [4.78, 5) is 11.7. The van der Waals surface area contributed by atoms with Crippen molar-refractivity contribution < 1.29 is 12.8 Å². The average molecular weight is 367 g/mol. The van der Waals surface area contributed by atoms with E-state index in [0.29, 0.717) is 28.3 Å². The fourth-order valence-electron chi connectivity index (χ4n) is 2.46. The van der Waals surface area contributed by atoms with Crippen LogP contribution >= 0.6 is 11.6 Å². The summed E-state index contributed by atoms with van der Waals surface area (Å²) in [6, 6.07) is 9.22. The van der Waals surface area contributed by atoms with E-state index in [-0.39, 0.29) is 10.5 Å². The van der Waals surface area contributed by atoms with Crippen molar-refractivity contribution in [3.05, 3.63) is 57.5 Å². The second-order valence-corrected chi connectivity index (χ2v) is 7.43. The summed E-state index contributed by atoms with van der Waals surface area (Å²) in [5.74, 6) is -0.511. The summed E-state index contributed by atoms with van der Waals surface area (Å²) in [6.07, 6.45) is 0. The Morgan fingerprint density at radius 1 is 1.21 bits per heavy atom. The SMILES string of the molecule is CCn1c(=O)oc2cc(S(=O)(=O)Nc3ccc(Cl)cc3C)ccc21. The van der Waals surface area contributed by atoms with E-state index in [4.69, 9.17) is 16.0 Å². The summed E-state index contributed by atoms with van der Waals surface area (Å²) in [5.41, 5.74) is 1.93. The van der Waals surface area contributed by atoms with E-state index in [1.165, 1.54) is 16.7 Å². The van der Waals surface area contributed by atoms with Crippen molar-refractivity contribution in [1.82, 2.24) is 4.57 Å². The van der Waals surface area contributed by atoms with E-state index < -0.39 is 15.8 Å². The molecular formula is C16H15ClN2O4S.